The Morgan fingerprint density at radius 1 is 1.29 bits per heavy atom. The van der Waals surface area contributed by atoms with Crippen LogP contribution in [0.15, 0.2) is 30.5 Å². The van der Waals surface area contributed by atoms with E-state index in [1.54, 1.807) is 28.3 Å². The minimum atomic E-state index is -0.0516. The van der Waals surface area contributed by atoms with Gasteiger partial charge in [0.05, 0.1) is 23.4 Å². The maximum absolute atomic E-state index is 13.4. The summed E-state index contributed by atoms with van der Waals surface area (Å²) in [6.45, 7) is 9.37. The molecule has 2 aromatic heterocycles. The summed E-state index contributed by atoms with van der Waals surface area (Å²) in [5.41, 5.74) is 2.69. The molecule has 0 unspecified atom stereocenters. The standard InChI is InChI=1S/C20H25N5O2S/c1-3-25-16(7-8-21-25)19(26)24(10-9-23-11-13-27-14-12-23)20-22-18-15(2)5-4-6-17(18)28-20/h4-8H,3,9-14H2,1-2H3. The summed E-state index contributed by atoms with van der Waals surface area (Å²) in [7, 11) is 0. The van der Waals surface area contributed by atoms with Crippen molar-refractivity contribution in [1.82, 2.24) is 19.7 Å². The first kappa shape index (κ1) is 19.0. The molecule has 1 aliphatic heterocycles. The van der Waals surface area contributed by atoms with E-state index in [4.69, 9.17) is 9.72 Å². The maximum atomic E-state index is 13.4. The molecule has 1 aliphatic rings. The molecule has 7 nitrogen and oxygen atoms in total. The first-order valence-corrected chi connectivity index (χ1v) is 10.5. The second-order valence-electron chi connectivity index (χ2n) is 6.86. The van der Waals surface area contributed by atoms with Crippen molar-refractivity contribution in [2.24, 2.45) is 0 Å². The van der Waals surface area contributed by atoms with Gasteiger partial charge in [-0.1, -0.05) is 23.5 Å². The van der Waals surface area contributed by atoms with E-state index in [2.05, 4.69) is 29.1 Å². The lowest BCUT2D eigenvalue weighted by atomic mass is 10.2. The van der Waals surface area contributed by atoms with Crippen molar-refractivity contribution in [2.45, 2.75) is 20.4 Å². The second kappa shape index (κ2) is 8.38. The van der Waals surface area contributed by atoms with Gasteiger partial charge in [0.2, 0.25) is 0 Å². The number of para-hydroxylation sites is 1. The van der Waals surface area contributed by atoms with Crippen LogP contribution in [0.25, 0.3) is 10.2 Å². The Bertz CT molecular complexity index is 961. The third-order valence-corrected chi connectivity index (χ3v) is 6.11. The second-order valence-corrected chi connectivity index (χ2v) is 7.87. The number of aromatic nitrogens is 3. The number of hydrogen-bond donors (Lipinski definition) is 0. The van der Waals surface area contributed by atoms with Gasteiger partial charge in [0, 0.05) is 38.9 Å². The zero-order valence-electron chi connectivity index (χ0n) is 16.3. The van der Waals surface area contributed by atoms with E-state index in [-0.39, 0.29) is 5.91 Å². The number of thiazole rings is 1. The fraction of sp³-hybridized carbons (Fsp3) is 0.450. The summed E-state index contributed by atoms with van der Waals surface area (Å²) >= 11 is 1.57. The summed E-state index contributed by atoms with van der Waals surface area (Å²) in [5, 5.41) is 5.01. The van der Waals surface area contributed by atoms with Crippen LogP contribution in [0.5, 0.6) is 0 Å². The molecule has 1 aromatic carbocycles. The van der Waals surface area contributed by atoms with Gasteiger partial charge >= 0.3 is 0 Å². The fourth-order valence-electron chi connectivity index (χ4n) is 3.44. The van der Waals surface area contributed by atoms with Crippen LogP contribution in [0.1, 0.15) is 23.0 Å². The quantitative estimate of drug-likeness (QED) is 0.638. The monoisotopic (exact) mass is 399 g/mol. The molecule has 0 saturated carbocycles. The highest BCUT2D eigenvalue weighted by atomic mass is 32.1. The largest absolute Gasteiger partial charge is 0.379 e. The van der Waals surface area contributed by atoms with Crippen LogP contribution >= 0.6 is 11.3 Å². The van der Waals surface area contributed by atoms with Gasteiger partial charge in [-0.15, -0.1) is 0 Å². The van der Waals surface area contributed by atoms with E-state index >= 15 is 0 Å². The minimum Gasteiger partial charge on any atom is -0.379 e. The molecule has 1 fully saturated rings. The van der Waals surface area contributed by atoms with Gasteiger partial charge in [0.1, 0.15) is 5.69 Å². The normalized spacial score (nSPS) is 15.2. The van der Waals surface area contributed by atoms with Crippen LogP contribution < -0.4 is 4.90 Å². The average Bonchev–Trinajstić information content (AvgIpc) is 3.36. The number of nitrogens with zero attached hydrogens (tertiary/aromatic N) is 5. The zero-order valence-corrected chi connectivity index (χ0v) is 17.1. The van der Waals surface area contributed by atoms with Crippen molar-refractivity contribution in [3.05, 3.63) is 41.7 Å². The first-order chi connectivity index (χ1) is 13.7. The van der Waals surface area contributed by atoms with E-state index in [0.717, 1.165) is 53.8 Å². The molecule has 3 heterocycles. The number of fused-ring (bicyclic) bond motifs is 1. The van der Waals surface area contributed by atoms with Crippen LogP contribution in [0.2, 0.25) is 0 Å². The molecule has 0 spiro atoms. The number of benzene rings is 1. The third kappa shape index (κ3) is 3.80. The number of hydrogen-bond acceptors (Lipinski definition) is 6. The van der Waals surface area contributed by atoms with Crippen LogP contribution in [0.4, 0.5) is 5.13 Å². The highest BCUT2D eigenvalue weighted by Crippen LogP contribution is 2.31. The van der Waals surface area contributed by atoms with Gasteiger partial charge in [0.25, 0.3) is 5.91 Å². The Morgan fingerprint density at radius 3 is 2.86 bits per heavy atom. The Balaban J connectivity index is 1.65. The maximum Gasteiger partial charge on any atom is 0.278 e. The molecule has 1 amide bonds. The molecule has 0 radical (unpaired) electrons. The van der Waals surface area contributed by atoms with Crippen molar-refractivity contribution in [3.63, 3.8) is 0 Å². The lowest BCUT2D eigenvalue weighted by Crippen LogP contribution is -2.43. The Morgan fingerprint density at radius 2 is 2.11 bits per heavy atom. The van der Waals surface area contributed by atoms with Crippen molar-refractivity contribution in [1.29, 1.82) is 0 Å². The van der Waals surface area contributed by atoms with Crippen LogP contribution in [-0.2, 0) is 11.3 Å². The van der Waals surface area contributed by atoms with Crippen molar-refractivity contribution < 1.29 is 9.53 Å². The predicted octanol–water partition coefficient (Wildman–Crippen LogP) is 2.80. The summed E-state index contributed by atoms with van der Waals surface area (Å²) < 4.78 is 8.28. The summed E-state index contributed by atoms with van der Waals surface area (Å²) in [4.78, 5) is 22.4. The molecular weight excluding hydrogens is 374 g/mol. The molecule has 28 heavy (non-hydrogen) atoms. The molecule has 0 aliphatic carbocycles. The lowest BCUT2D eigenvalue weighted by molar-refractivity contribution is 0.0391. The fourth-order valence-corrected chi connectivity index (χ4v) is 4.51. The number of ether oxygens (including phenoxy) is 1. The Kier molecular flexibility index (Phi) is 5.70. The zero-order chi connectivity index (χ0) is 19.5. The lowest BCUT2D eigenvalue weighted by Gasteiger charge is -2.29. The van der Waals surface area contributed by atoms with Crippen molar-refractivity contribution in [3.8, 4) is 0 Å². The summed E-state index contributed by atoms with van der Waals surface area (Å²) in [6, 6.07) is 7.93. The number of carbonyl (C=O) groups excluding carboxylic acids is 1. The van der Waals surface area contributed by atoms with E-state index in [9.17, 15) is 4.79 Å². The molecule has 0 bridgehead atoms. The number of anilines is 1. The van der Waals surface area contributed by atoms with E-state index in [0.29, 0.717) is 18.8 Å². The van der Waals surface area contributed by atoms with Crippen molar-refractivity contribution in [2.75, 3.05) is 44.3 Å². The number of morpholine rings is 1. The smallest absolute Gasteiger partial charge is 0.278 e. The average molecular weight is 400 g/mol. The topological polar surface area (TPSA) is 63.5 Å². The Labute approximate surface area is 168 Å². The summed E-state index contributed by atoms with van der Waals surface area (Å²) in [6.07, 6.45) is 1.68. The number of rotatable bonds is 6. The Hall–Kier alpha value is -2.29. The van der Waals surface area contributed by atoms with E-state index < -0.39 is 0 Å². The minimum absolute atomic E-state index is 0.0516. The van der Waals surface area contributed by atoms with Gasteiger partial charge in [0.15, 0.2) is 5.13 Å². The molecule has 0 atom stereocenters. The predicted molar refractivity (Wildman–Crippen MR) is 111 cm³/mol. The highest BCUT2D eigenvalue weighted by molar-refractivity contribution is 7.22. The molecule has 8 heteroatoms. The number of amides is 1. The highest BCUT2D eigenvalue weighted by Gasteiger charge is 2.25. The van der Waals surface area contributed by atoms with Crippen LogP contribution in [0, 0.1) is 6.92 Å². The molecule has 3 aromatic rings. The summed E-state index contributed by atoms with van der Waals surface area (Å²) in [5.74, 6) is -0.0516. The first-order valence-electron chi connectivity index (χ1n) is 9.67. The molecule has 0 N–H and O–H groups in total. The number of carbonyl (C=O) groups is 1. The number of aryl methyl sites for hydroxylation is 2. The van der Waals surface area contributed by atoms with Gasteiger partial charge in [-0.2, -0.15) is 5.10 Å². The van der Waals surface area contributed by atoms with Gasteiger partial charge in [-0.05, 0) is 31.5 Å². The molecular formula is C20H25N5O2S. The van der Waals surface area contributed by atoms with Gasteiger partial charge in [-0.25, -0.2) is 4.98 Å². The molecule has 4 rings (SSSR count). The van der Waals surface area contributed by atoms with E-state index in [1.165, 1.54) is 0 Å². The van der Waals surface area contributed by atoms with Crippen LogP contribution in [-0.4, -0.2) is 65.0 Å². The third-order valence-electron chi connectivity index (χ3n) is 5.06. The molecule has 148 valence electrons. The van der Waals surface area contributed by atoms with Gasteiger partial charge < -0.3 is 4.74 Å². The van der Waals surface area contributed by atoms with E-state index in [1.807, 2.05) is 17.9 Å². The molecule has 1 saturated heterocycles. The SMILES string of the molecule is CCn1nccc1C(=O)N(CCN1CCOCC1)c1nc2c(C)cccc2s1. The van der Waals surface area contributed by atoms with Gasteiger partial charge in [-0.3, -0.25) is 19.3 Å². The van der Waals surface area contributed by atoms with Crippen LogP contribution in [0.3, 0.4) is 0 Å². The van der Waals surface area contributed by atoms with Crippen molar-refractivity contribution >= 4 is 32.6 Å².